The van der Waals surface area contributed by atoms with Gasteiger partial charge in [-0.15, -0.1) is 0 Å². The Morgan fingerprint density at radius 1 is 1.22 bits per heavy atom. The molecule has 7 heteroatoms. The first-order valence-electron chi connectivity index (χ1n) is 4.79. The van der Waals surface area contributed by atoms with E-state index < -0.39 is 22.4 Å². The van der Waals surface area contributed by atoms with Crippen LogP contribution in [0.25, 0.3) is 11.3 Å². The van der Waals surface area contributed by atoms with Gasteiger partial charge in [-0.1, -0.05) is 0 Å². The molecule has 0 spiro atoms. The Morgan fingerprint density at radius 2 is 1.94 bits per heavy atom. The van der Waals surface area contributed by atoms with Gasteiger partial charge in [-0.2, -0.15) is 13.2 Å². The molecule has 0 atom stereocenters. The molecule has 0 radical (unpaired) electrons. The van der Waals surface area contributed by atoms with Gasteiger partial charge in [0.1, 0.15) is 5.76 Å². The highest BCUT2D eigenvalue weighted by molar-refractivity contribution is 5.70. The van der Waals surface area contributed by atoms with E-state index in [9.17, 15) is 23.3 Å². The van der Waals surface area contributed by atoms with Crippen LogP contribution in [0.1, 0.15) is 5.56 Å². The van der Waals surface area contributed by atoms with Gasteiger partial charge in [0, 0.05) is 6.07 Å². The van der Waals surface area contributed by atoms with Crippen molar-refractivity contribution < 1.29 is 22.5 Å². The number of furan rings is 1. The van der Waals surface area contributed by atoms with Crippen molar-refractivity contribution in [3.8, 4) is 11.3 Å². The second-order valence-electron chi connectivity index (χ2n) is 3.46. The molecule has 1 aromatic carbocycles. The summed E-state index contributed by atoms with van der Waals surface area (Å²) in [5.74, 6) is 0.0211. The Balaban J connectivity index is 2.63. The third kappa shape index (κ3) is 2.20. The van der Waals surface area contributed by atoms with Crippen LogP contribution in [0.5, 0.6) is 0 Å². The van der Waals surface area contributed by atoms with Crippen LogP contribution in [-0.4, -0.2) is 4.92 Å². The first kappa shape index (κ1) is 12.2. The van der Waals surface area contributed by atoms with E-state index in [0.717, 1.165) is 6.07 Å². The molecule has 0 aliphatic heterocycles. The summed E-state index contributed by atoms with van der Waals surface area (Å²) in [6, 6.07) is 5.00. The molecular weight excluding hydrogens is 251 g/mol. The molecule has 4 nitrogen and oxygen atoms in total. The van der Waals surface area contributed by atoms with Crippen molar-refractivity contribution in [1.29, 1.82) is 0 Å². The number of nitro groups is 1. The third-order valence-electron chi connectivity index (χ3n) is 2.31. The predicted molar refractivity (Wildman–Crippen MR) is 55.8 cm³/mol. The SMILES string of the molecule is O=[N+]([O-])c1ccc(C(F)(F)F)cc1-c1ccco1. The molecule has 0 saturated heterocycles. The van der Waals surface area contributed by atoms with Crippen molar-refractivity contribution in [3.05, 3.63) is 52.3 Å². The minimum atomic E-state index is -4.56. The van der Waals surface area contributed by atoms with Crippen LogP contribution >= 0.6 is 0 Å². The number of rotatable bonds is 2. The van der Waals surface area contributed by atoms with Crippen LogP contribution < -0.4 is 0 Å². The van der Waals surface area contributed by atoms with E-state index in [0.29, 0.717) is 12.1 Å². The maximum Gasteiger partial charge on any atom is 0.416 e. The smallest absolute Gasteiger partial charge is 0.416 e. The summed E-state index contributed by atoms with van der Waals surface area (Å²) in [7, 11) is 0. The summed E-state index contributed by atoms with van der Waals surface area (Å²) in [5, 5.41) is 10.8. The van der Waals surface area contributed by atoms with Crippen LogP contribution in [0.3, 0.4) is 0 Å². The second-order valence-corrected chi connectivity index (χ2v) is 3.46. The molecule has 0 N–H and O–H groups in total. The molecule has 1 aromatic heterocycles. The molecule has 0 amide bonds. The lowest BCUT2D eigenvalue weighted by Crippen LogP contribution is -2.05. The fraction of sp³-hybridized carbons (Fsp3) is 0.0909. The summed E-state index contributed by atoms with van der Waals surface area (Å²) in [6.45, 7) is 0. The molecule has 2 aromatic rings. The average Bonchev–Trinajstić information content (AvgIpc) is 2.80. The Morgan fingerprint density at radius 3 is 2.44 bits per heavy atom. The van der Waals surface area contributed by atoms with Gasteiger partial charge >= 0.3 is 6.18 Å². The number of benzene rings is 1. The average molecular weight is 257 g/mol. The van der Waals surface area contributed by atoms with Gasteiger partial charge in [0.2, 0.25) is 0 Å². The van der Waals surface area contributed by atoms with Crippen molar-refractivity contribution in [3.63, 3.8) is 0 Å². The van der Waals surface area contributed by atoms with Gasteiger partial charge in [-0.05, 0) is 24.3 Å². The van der Waals surface area contributed by atoms with E-state index in [1.54, 1.807) is 0 Å². The molecule has 0 aliphatic carbocycles. The highest BCUT2D eigenvalue weighted by Crippen LogP contribution is 2.37. The van der Waals surface area contributed by atoms with Crippen LogP contribution in [0.4, 0.5) is 18.9 Å². The summed E-state index contributed by atoms with van der Waals surface area (Å²) in [4.78, 5) is 10.0. The van der Waals surface area contributed by atoms with E-state index in [4.69, 9.17) is 4.42 Å². The molecule has 0 bridgehead atoms. The van der Waals surface area contributed by atoms with E-state index in [-0.39, 0.29) is 11.3 Å². The lowest BCUT2D eigenvalue weighted by atomic mass is 10.1. The predicted octanol–water partition coefficient (Wildman–Crippen LogP) is 3.87. The van der Waals surface area contributed by atoms with Gasteiger partial charge in [0.25, 0.3) is 5.69 Å². The van der Waals surface area contributed by atoms with Crippen LogP contribution in [0.15, 0.2) is 41.0 Å². The third-order valence-corrected chi connectivity index (χ3v) is 2.31. The summed E-state index contributed by atoms with van der Waals surface area (Å²) in [6.07, 6.45) is -3.32. The van der Waals surface area contributed by atoms with Crippen LogP contribution in [0.2, 0.25) is 0 Å². The van der Waals surface area contributed by atoms with E-state index in [1.165, 1.54) is 18.4 Å². The number of nitro benzene ring substituents is 1. The van der Waals surface area contributed by atoms with Crippen molar-refractivity contribution in [2.45, 2.75) is 6.18 Å². The molecule has 0 aliphatic rings. The highest BCUT2D eigenvalue weighted by atomic mass is 19.4. The van der Waals surface area contributed by atoms with Gasteiger partial charge in [0.15, 0.2) is 0 Å². The monoisotopic (exact) mass is 257 g/mol. The van der Waals surface area contributed by atoms with Crippen molar-refractivity contribution >= 4 is 5.69 Å². The molecule has 1 heterocycles. The molecule has 18 heavy (non-hydrogen) atoms. The zero-order chi connectivity index (χ0) is 13.3. The Hall–Kier alpha value is -2.31. The van der Waals surface area contributed by atoms with Gasteiger partial charge in [-0.3, -0.25) is 10.1 Å². The second kappa shape index (κ2) is 4.17. The maximum atomic E-state index is 12.5. The topological polar surface area (TPSA) is 56.3 Å². The van der Waals surface area contributed by atoms with Gasteiger partial charge in [-0.25, -0.2) is 0 Å². The normalized spacial score (nSPS) is 11.5. The molecule has 0 saturated carbocycles. The highest BCUT2D eigenvalue weighted by Gasteiger charge is 2.32. The number of alkyl halides is 3. The Bertz CT molecular complexity index is 576. The molecule has 94 valence electrons. The quantitative estimate of drug-likeness (QED) is 0.606. The van der Waals surface area contributed by atoms with Crippen molar-refractivity contribution in [2.75, 3.05) is 0 Å². The largest absolute Gasteiger partial charge is 0.464 e. The number of hydrogen-bond acceptors (Lipinski definition) is 3. The zero-order valence-corrected chi connectivity index (χ0v) is 8.77. The molecular formula is C11H6F3NO3. The van der Waals surface area contributed by atoms with Crippen LogP contribution in [0, 0.1) is 10.1 Å². The van der Waals surface area contributed by atoms with E-state index in [2.05, 4.69) is 0 Å². The molecule has 2 rings (SSSR count). The number of nitrogens with zero attached hydrogens (tertiary/aromatic N) is 1. The fourth-order valence-electron chi connectivity index (χ4n) is 1.50. The molecule has 0 unspecified atom stereocenters. The molecule has 0 fully saturated rings. The minimum absolute atomic E-state index is 0.0211. The maximum absolute atomic E-state index is 12.5. The van der Waals surface area contributed by atoms with E-state index >= 15 is 0 Å². The first-order chi connectivity index (χ1) is 8.39. The minimum Gasteiger partial charge on any atom is -0.464 e. The lowest BCUT2D eigenvalue weighted by molar-refractivity contribution is -0.384. The summed E-state index contributed by atoms with van der Waals surface area (Å²) < 4.78 is 42.5. The first-order valence-corrected chi connectivity index (χ1v) is 4.79. The fourth-order valence-corrected chi connectivity index (χ4v) is 1.50. The Kier molecular flexibility index (Phi) is 2.82. The van der Waals surface area contributed by atoms with Gasteiger partial charge < -0.3 is 4.42 Å². The summed E-state index contributed by atoms with van der Waals surface area (Å²) >= 11 is 0. The van der Waals surface area contributed by atoms with Crippen molar-refractivity contribution in [1.82, 2.24) is 0 Å². The summed E-state index contributed by atoms with van der Waals surface area (Å²) in [5.41, 5.74) is -1.59. The Labute approximate surface area is 98.8 Å². The zero-order valence-electron chi connectivity index (χ0n) is 8.77. The number of halogens is 3. The van der Waals surface area contributed by atoms with Gasteiger partial charge in [0.05, 0.1) is 22.3 Å². The standard InChI is InChI=1S/C11H6F3NO3/c12-11(13,14)7-3-4-9(15(16)17)8(6-7)10-2-1-5-18-10/h1-6H. The lowest BCUT2D eigenvalue weighted by Gasteiger charge is -2.08. The number of hydrogen-bond donors (Lipinski definition) is 0. The van der Waals surface area contributed by atoms with E-state index in [1.807, 2.05) is 0 Å². The van der Waals surface area contributed by atoms with Crippen LogP contribution in [-0.2, 0) is 6.18 Å². The van der Waals surface area contributed by atoms with Crippen molar-refractivity contribution in [2.24, 2.45) is 0 Å².